The van der Waals surface area contributed by atoms with E-state index in [9.17, 15) is 8.42 Å². The smallest absolute Gasteiger partial charge is 0.242 e. The first-order chi connectivity index (χ1) is 9.44. The van der Waals surface area contributed by atoms with Crippen LogP contribution >= 0.6 is 23.2 Å². The molecule has 0 aliphatic heterocycles. The van der Waals surface area contributed by atoms with E-state index in [2.05, 4.69) is 10.0 Å². The molecule has 1 aromatic carbocycles. The van der Waals surface area contributed by atoms with Gasteiger partial charge in [-0.25, -0.2) is 13.1 Å². The Hall–Kier alpha value is -0.330. The topological polar surface area (TPSA) is 58.2 Å². The molecule has 0 atom stereocenters. The van der Waals surface area contributed by atoms with E-state index >= 15 is 0 Å². The van der Waals surface area contributed by atoms with Gasteiger partial charge >= 0.3 is 0 Å². The predicted molar refractivity (Wildman–Crippen MR) is 81.8 cm³/mol. The molecule has 0 radical (unpaired) electrons. The zero-order valence-electron chi connectivity index (χ0n) is 11.2. The minimum absolute atomic E-state index is 0.0314. The molecule has 7 heteroatoms. The summed E-state index contributed by atoms with van der Waals surface area (Å²) in [4.78, 5) is 0.100. The Morgan fingerprint density at radius 1 is 1.25 bits per heavy atom. The Morgan fingerprint density at radius 2 is 1.95 bits per heavy atom. The van der Waals surface area contributed by atoms with Crippen molar-refractivity contribution < 1.29 is 8.42 Å². The van der Waals surface area contributed by atoms with Crippen molar-refractivity contribution in [1.29, 1.82) is 0 Å². The van der Waals surface area contributed by atoms with Crippen LogP contribution in [-0.4, -0.2) is 21.0 Å². The lowest BCUT2D eigenvalue weighted by Crippen LogP contribution is -2.39. The van der Waals surface area contributed by atoms with E-state index in [0.717, 1.165) is 31.4 Å². The molecular weight excluding hydrogens is 319 g/mol. The van der Waals surface area contributed by atoms with Gasteiger partial charge in [0.05, 0.1) is 5.02 Å². The van der Waals surface area contributed by atoms with E-state index in [0.29, 0.717) is 11.6 Å². The van der Waals surface area contributed by atoms with Crippen LogP contribution in [0, 0.1) is 0 Å². The highest BCUT2D eigenvalue weighted by Crippen LogP contribution is 2.30. The number of benzene rings is 1. The standard InChI is InChI=1S/C13H18Cl2N2O2S/c1-2-16-8-9-6-13(12(15)7-11(9)14)20(18,19)17-10-4-3-5-10/h6-7,10,16-17H,2-5,8H2,1H3. The Kier molecular flexibility index (Phi) is 5.31. The van der Waals surface area contributed by atoms with E-state index in [1.165, 1.54) is 6.07 Å². The average Bonchev–Trinajstić information content (AvgIpc) is 2.33. The quantitative estimate of drug-likeness (QED) is 0.839. The van der Waals surface area contributed by atoms with Crippen LogP contribution in [-0.2, 0) is 16.6 Å². The largest absolute Gasteiger partial charge is 0.313 e. The molecule has 0 aromatic heterocycles. The van der Waals surface area contributed by atoms with Crippen molar-refractivity contribution in [3.8, 4) is 0 Å². The molecule has 112 valence electrons. The number of nitrogens with one attached hydrogen (secondary N) is 2. The summed E-state index contributed by atoms with van der Waals surface area (Å²) in [6.45, 7) is 3.26. The van der Waals surface area contributed by atoms with Gasteiger partial charge in [0.15, 0.2) is 0 Å². The lowest BCUT2D eigenvalue weighted by atomic mass is 9.94. The Bertz CT molecular complexity index is 586. The van der Waals surface area contributed by atoms with E-state index in [1.54, 1.807) is 6.07 Å². The second kappa shape index (κ2) is 6.62. The summed E-state index contributed by atoms with van der Waals surface area (Å²) in [6.07, 6.45) is 2.83. The maximum absolute atomic E-state index is 12.3. The van der Waals surface area contributed by atoms with Gasteiger partial charge in [0.1, 0.15) is 4.90 Å². The van der Waals surface area contributed by atoms with Crippen LogP contribution < -0.4 is 10.0 Å². The van der Waals surface area contributed by atoms with Gasteiger partial charge in [-0.05, 0) is 37.1 Å². The summed E-state index contributed by atoms with van der Waals surface area (Å²) in [5.41, 5.74) is 0.729. The number of halogens is 2. The summed E-state index contributed by atoms with van der Waals surface area (Å²) in [5.74, 6) is 0. The van der Waals surface area contributed by atoms with E-state index < -0.39 is 10.0 Å². The minimum atomic E-state index is -3.58. The predicted octanol–water partition coefficient (Wildman–Crippen LogP) is 2.93. The number of hydrogen-bond acceptors (Lipinski definition) is 3. The van der Waals surface area contributed by atoms with Gasteiger partial charge < -0.3 is 5.32 Å². The van der Waals surface area contributed by atoms with Crippen molar-refractivity contribution in [3.05, 3.63) is 27.7 Å². The zero-order valence-corrected chi connectivity index (χ0v) is 13.6. The Balaban J connectivity index is 2.29. The highest BCUT2D eigenvalue weighted by Gasteiger charge is 2.27. The van der Waals surface area contributed by atoms with Gasteiger partial charge in [-0.1, -0.05) is 36.5 Å². The third-order valence-electron chi connectivity index (χ3n) is 3.38. The maximum Gasteiger partial charge on any atom is 0.242 e. The zero-order chi connectivity index (χ0) is 14.8. The molecule has 2 N–H and O–H groups in total. The summed E-state index contributed by atoms with van der Waals surface area (Å²) in [5, 5.41) is 3.75. The molecule has 1 aliphatic carbocycles. The molecule has 1 fully saturated rings. The van der Waals surface area contributed by atoms with E-state index in [1.807, 2.05) is 6.92 Å². The Labute approximate surface area is 129 Å². The van der Waals surface area contributed by atoms with Crippen LogP contribution in [0.5, 0.6) is 0 Å². The van der Waals surface area contributed by atoms with Crippen molar-refractivity contribution in [2.45, 2.75) is 43.7 Å². The highest BCUT2D eigenvalue weighted by molar-refractivity contribution is 7.89. The third-order valence-corrected chi connectivity index (χ3v) is 5.72. The maximum atomic E-state index is 12.3. The summed E-state index contributed by atoms with van der Waals surface area (Å²) in [7, 11) is -3.58. The van der Waals surface area contributed by atoms with E-state index in [-0.39, 0.29) is 16.0 Å². The fourth-order valence-electron chi connectivity index (χ4n) is 1.98. The molecule has 0 amide bonds. The van der Waals surface area contributed by atoms with Crippen molar-refractivity contribution in [3.63, 3.8) is 0 Å². The molecule has 0 bridgehead atoms. The van der Waals surface area contributed by atoms with Crippen molar-refractivity contribution in [2.24, 2.45) is 0 Å². The van der Waals surface area contributed by atoms with Crippen LogP contribution in [0.4, 0.5) is 0 Å². The number of sulfonamides is 1. The van der Waals surface area contributed by atoms with Gasteiger partial charge in [0.25, 0.3) is 0 Å². The van der Waals surface area contributed by atoms with Crippen LogP contribution in [0.1, 0.15) is 31.7 Å². The second-order valence-electron chi connectivity index (χ2n) is 4.90. The molecule has 2 rings (SSSR count). The average molecular weight is 337 g/mol. The lowest BCUT2D eigenvalue weighted by molar-refractivity contribution is 0.383. The van der Waals surface area contributed by atoms with Gasteiger partial charge in [-0.3, -0.25) is 0 Å². The number of rotatable bonds is 6. The van der Waals surface area contributed by atoms with E-state index in [4.69, 9.17) is 23.2 Å². The first-order valence-electron chi connectivity index (χ1n) is 6.65. The molecule has 20 heavy (non-hydrogen) atoms. The molecule has 1 aromatic rings. The van der Waals surface area contributed by atoms with Crippen LogP contribution in [0.3, 0.4) is 0 Å². The summed E-state index contributed by atoms with van der Waals surface area (Å²) in [6, 6.07) is 3.07. The fraction of sp³-hybridized carbons (Fsp3) is 0.538. The molecule has 1 saturated carbocycles. The van der Waals surface area contributed by atoms with Crippen molar-refractivity contribution in [2.75, 3.05) is 6.54 Å². The highest BCUT2D eigenvalue weighted by atomic mass is 35.5. The van der Waals surface area contributed by atoms with Crippen molar-refractivity contribution >= 4 is 33.2 Å². The van der Waals surface area contributed by atoms with Crippen LogP contribution in [0.15, 0.2) is 17.0 Å². The molecule has 0 saturated heterocycles. The molecule has 0 spiro atoms. The van der Waals surface area contributed by atoms with Gasteiger partial charge in [0, 0.05) is 17.6 Å². The van der Waals surface area contributed by atoms with Crippen LogP contribution in [0.2, 0.25) is 10.0 Å². The molecule has 4 nitrogen and oxygen atoms in total. The number of hydrogen-bond donors (Lipinski definition) is 2. The molecule has 1 aliphatic rings. The lowest BCUT2D eigenvalue weighted by Gasteiger charge is -2.26. The summed E-state index contributed by atoms with van der Waals surface area (Å²) >= 11 is 12.1. The third kappa shape index (κ3) is 3.65. The fourth-order valence-corrected chi connectivity index (χ4v) is 4.15. The molecule has 0 unspecified atom stereocenters. The Morgan fingerprint density at radius 3 is 2.50 bits per heavy atom. The first-order valence-corrected chi connectivity index (χ1v) is 8.89. The van der Waals surface area contributed by atoms with Gasteiger partial charge in [0.2, 0.25) is 10.0 Å². The molecular formula is C13H18Cl2N2O2S. The SMILES string of the molecule is CCNCc1cc(S(=O)(=O)NC2CCC2)c(Cl)cc1Cl. The first kappa shape index (κ1) is 16.0. The normalized spacial score (nSPS) is 16.1. The molecule has 0 heterocycles. The monoisotopic (exact) mass is 336 g/mol. The minimum Gasteiger partial charge on any atom is -0.313 e. The van der Waals surface area contributed by atoms with Gasteiger partial charge in [-0.2, -0.15) is 0 Å². The summed E-state index contributed by atoms with van der Waals surface area (Å²) < 4.78 is 27.3. The van der Waals surface area contributed by atoms with Gasteiger partial charge in [-0.15, -0.1) is 0 Å². The van der Waals surface area contributed by atoms with Crippen LogP contribution in [0.25, 0.3) is 0 Å². The van der Waals surface area contributed by atoms with Crippen molar-refractivity contribution in [1.82, 2.24) is 10.0 Å². The second-order valence-corrected chi connectivity index (χ2v) is 7.40.